The largest absolute Gasteiger partial charge is 0.507 e. The standard InChI is InChI=1S/C28H37N3O5/c1-7-30(8-2)20-12-10-19(11-13-20)25-24(27(33)28(34)31(25)17-9-16-29(3)4)26(32)22-18-21(35-5)14-15-23(22)36-6/h10-15,18,25,32H,7-9,16-17H2,1-6H3/b26-24+. The van der Waals surface area contributed by atoms with Crippen molar-refractivity contribution >= 4 is 23.1 Å². The third-order valence-electron chi connectivity index (χ3n) is 6.54. The fourth-order valence-corrected chi connectivity index (χ4v) is 4.61. The molecular formula is C28H37N3O5. The molecule has 1 atom stereocenters. The number of hydrogen-bond acceptors (Lipinski definition) is 7. The smallest absolute Gasteiger partial charge is 0.295 e. The van der Waals surface area contributed by atoms with Gasteiger partial charge in [0.25, 0.3) is 11.7 Å². The van der Waals surface area contributed by atoms with Gasteiger partial charge in [0.05, 0.1) is 31.4 Å². The molecule has 0 aliphatic carbocycles. The lowest BCUT2D eigenvalue weighted by molar-refractivity contribution is -0.139. The van der Waals surface area contributed by atoms with Crippen molar-refractivity contribution in [3.63, 3.8) is 0 Å². The Balaban J connectivity index is 2.15. The predicted octanol–water partition coefficient (Wildman–Crippen LogP) is 3.92. The maximum absolute atomic E-state index is 13.3. The first-order valence-electron chi connectivity index (χ1n) is 12.3. The molecule has 1 amide bonds. The molecule has 1 aliphatic heterocycles. The van der Waals surface area contributed by atoms with Crippen LogP contribution < -0.4 is 14.4 Å². The van der Waals surface area contributed by atoms with Crippen LogP contribution in [0.1, 0.15) is 37.4 Å². The van der Waals surface area contributed by atoms with Crippen LogP contribution in [0.5, 0.6) is 11.5 Å². The number of rotatable bonds is 11. The van der Waals surface area contributed by atoms with Crippen molar-refractivity contribution in [3.8, 4) is 11.5 Å². The molecule has 36 heavy (non-hydrogen) atoms. The summed E-state index contributed by atoms with van der Waals surface area (Å²) in [5.74, 6) is -0.729. The van der Waals surface area contributed by atoms with Crippen molar-refractivity contribution in [1.82, 2.24) is 9.80 Å². The number of ether oxygens (including phenoxy) is 2. The van der Waals surface area contributed by atoms with Crippen molar-refractivity contribution in [3.05, 3.63) is 59.2 Å². The molecule has 8 heteroatoms. The second kappa shape index (κ2) is 11.9. The number of carbonyl (C=O) groups excluding carboxylic acids is 2. The summed E-state index contributed by atoms with van der Waals surface area (Å²) in [4.78, 5) is 32.4. The lowest BCUT2D eigenvalue weighted by Gasteiger charge is -2.27. The predicted molar refractivity (Wildman–Crippen MR) is 142 cm³/mol. The third-order valence-corrected chi connectivity index (χ3v) is 6.54. The lowest BCUT2D eigenvalue weighted by Crippen LogP contribution is -2.32. The van der Waals surface area contributed by atoms with Crippen molar-refractivity contribution < 1.29 is 24.2 Å². The number of methoxy groups -OCH3 is 2. The first kappa shape index (κ1) is 27.1. The fourth-order valence-electron chi connectivity index (χ4n) is 4.61. The van der Waals surface area contributed by atoms with Gasteiger partial charge in [0.1, 0.15) is 17.3 Å². The van der Waals surface area contributed by atoms with Gasteiger partial charge in [0.15, 0.2) is 0 Å². The summed E-state index contributed by atoms with van der Waals surface area (Å²) in [6, 6.07) is 12.1. The Kier molecular flexibility index (Phi) is 8.98. The number of nitrogens with zero attached hydrogens (tertiary/aromatic N) is 3. The summed E-state index contributed by atoms with van der Waals surface area (Å²) in [6.07, 6.45) is 0.691. The van der Waals surface area contributed by atoms with Crippen LogP contribution in [0, 0.1) is 0 Å². The van der Waals surface area contributed by atoms with Crippen LogP contribution in [0.4, 0.5) is 5.69 Å². The number of Topliss-reactive ketones (excluding diaryl/α,β-unsaturated/α-hetero) is 1. The Morgan fingerprint density at radius 3 is 2.22 bits per heavy atom. The van der Waals surface area contributed by atoms with E-state index in [1.54, 1.807) is 23.1 Å². The first-order valence-corrected chi connectivity index (χ1v) is 12.3. The average Bonchev–Trinajstić information content (AvgIpc) is 3.13. The van der Waals surface area contributed by atoms with Gasteiger partial charge in [-0.1, -0.05) is 12.1 Å². The zero-order valence-electron chi connectivity index (χ0n) is 22.1. The summed E-state index contributed by atoms with van der Waals surface area (Å²) >= 11 is 0. The second-order valence-electron chi connectivity index (χ2n) is 8.98. The summed E-state index contributed by atoms with van der Waals surface area (Å²) in [5, 5.41) is 11.5. The summed E-state index contributed by atoms with van der Waals surface area (Å²) < 4.78 is 10.8. The highest BCUT2D eigenvalue weighted by Gasteiger charge is 2.46. The van der Waals surface area contributed by atoms with E-state index in [0.717, 1.165) is 30.9 Å². The highest BCUT2D eigenvalue weighted by atomic mass is 16.5. The van der Waals surface area contributed by atoms with Crippen molar-refractivity contribution in [2.24, 2.45) is 0 Å². The van der Waals surface area contributed by atoms with Gasteiger partial charge in [-0.15, -0.1) is 0 Å². The van der Waals surface area contributed by atoms with Gasteiger partial charge in [-0.05, 0) is 76.8 Å². The molecule has 0 saturated carbocycles. The van der Waals surface area contributed by atoms with Gasteiger partial charge in [-0.2, -0.15) is 0 Å². The number of ketones is 1. The van der Waals surface area contributed by atoms with E-state index in [4.69, 9.17) is 9.47 Å². The normalized spacial score (nSPS) is 17.1. The van der Waals surface area contributed by atoms with Crippen LogP contribution in [0.3, 0.4) is 0 Å². The maximum Gasteiger partial charge on any atom is 0.295 e. The molecule has 1 unspecified atom stereocenters. The van der Waals surface area contributed by atoms with E-state index >= 15 is 0 Å². The molecule has 1 saturated heterocycles. The molecule has 1 heterocycles. The van der Waals surface area contributed by atoms with Crippen LogP contribution in [-0.2, 0) is 9.59 Å². The van der Waals surface area contributed by atoms with E-state index < -0.39 is 17.7 Å². The summed E-state index contributed by atoms with van der Waals surface area (Å²) in [5.41, 5.74) is 2.17. The first-order chi connectivity index (χ1) is 17.3. The minimum Gasteiger partial charge on any atom is -0.507 e. The number of benzene rings is 2. The van der Waals surface area contributed by atoms with E-state index in [-0.39, 0.29) is 11.3 Å². The van der Waals surface area contributed by atoms with Crippen molar-refractivity contribution in [2.45, 2.75) is 26.3 Å². The highest BCUT2D eigenvalue weighted by Crippen LogP contribution is 2.42. The van der Waals surface area contributed by atoms with Crippen molar-refractivity contribution in [1.29, 1.82) is 0 Å². The Morgan fingerprint density at radius 2 is 1.67 bits per heavy atom. The molecule has 3 rings (SSSR count). The maximum atomic E-state index is 13.3. The molecule has 2 aromatic rings. The molecular weight excluding hydrogens is 458 g/mol. The number of hydrogen-bond donors (Lipinski definition) is 1. The molecule has 8 nitrogen and oxygen atoms in total. The number of aliphatic hydroxyl groups excluding tert-OH is 1. The fraction of sp³-hybridized carbons (Fsp3) is 0.429. The number of aliphatic hydroxyl groups is 1. The Morgan fingerprint density at radius 1 is 1.00 bits per heavy atom. The van der Waals surface area contributed by atoms with E-state index in [2.05, 4.69) is 18.7 Å². The van der Waals surface area contributed by atoms with Crippen molar-refractivity contribution in [2.75, 3.05) is 59.4 Å². The van der Waals surface area contributed by atoms with Crippen LogP contribution in [0.2, 0.25) is 0 Å². The molecule has 1 aliphatic rings. The number of carbonyl (C=O) groups is 2. The van der Waals surface area contributed by atoms with Crippen LogP contribution in [-0.4, -0.2) is 81.1 Å². The minimum atomic E-state index is -0.714. The quantitative estimate of drug-likeness (QED) is 0.287. The van der Waals surface area contributed by atoms with Crippen LogP contribution in [0.25, 0.3) is 5.76 Å². The van der Waals surface area contributed by atoms with Gasteiger partial charge >= 0.3 is 0 Å². The molecule has 0 spiro atoms. The Labute approximate surface area is 213 Å². The highest BCUT2D eigenvalue weighted by molar-refractivity contribution is 6.46. The lowest BCUT2D eigenvalue weighted by atomic mass is 9.94. The monoisotopic (exact) mass is 495 g/mol. The van der Waals surface area contributed by atoms with Gasteiger partial charge in [-0.3, -0.25) is 9.59 Å². The van der Waals surface area contributed by atoms with Crippen LogP contribution in [0.15, 0.2) is 48.0 Å². The topological polar surface area (TPSA) is 82.5 Å². The average molecular weight is 496 g/mol. The number of likely N-dealkylation sites (tertiary alicyclic amines) is 1. The summed E-state index contributed by atoms with van der Waals surface area (Å²) in [6.45, 7) is 7.08. The molecule has 0 radical (unpaired) electrons. The SMILES string of the molecule is CCN(CC)c1ccc(C2/C(=C(\O)c3cc(OC)ccc3OC)C(=O)C(=O)N2CCCN(C)C)cc1. The molecule has 0 bridgehead atoms. The third kappa shape index (κ3) is 5.49. The molecule has 2 aromatic carbocycles. The summed E-state index contributed by atoms with van der Waals surface area (Å²) in [7, 11) is 6.94. The van der Waals surface area contributed by atoms with Gasteiger partial charge in [0, 0.05) is 25.3 Å². The minimum absolute atomic E-state index is 0.0481. The van der Waals surface area contributed by atoms with Gasteiger partial charge < -0.3 is 29.3 Å². The zero-order chi connectivity index (χ0) is 26.4. The van der Waals surface area contributed by atoms with E-state index in [1.165, 1.54) is 14.2 Å². The van der Waals surface area contributed by atoms with Gasteiger partial charge in [-0.25, -0.2) is 0 Å². The van der Waals surface area contributed by atoms with Gasteiger partial charge in [0.2, 0.25) is 0 Å². The molecule has 194 valence electrons. The second-order valence-corrected chi connectivity index (χ2v) is 8.98. The van der Waals surface area contributed by atoms with E-state index in [0.29, 0.717) is 30.0 Å². The van der Waals surface area contributed by atoms with E-state index in [9.17, 15) is 14.7 Å². The Hall–Kier alpha value is -3.52. The molecule has 1 fully saturated rings. The van der Waals surface area contributed by atoms with E-state index in [1.807, 2.05) is 43.3 Å². The van der Waals surface area contributed by atoms with Crippen LogP contribution >= 0.6 is 0 Å². The molecule has 0 aromatic heterocycles. The number of anilines is 1. The number of amides is 1. The molecule has 1 N–H and O–H groups in total. The zero-order valence-corrected chi connectivity index (χ0v) is 22.1. The Bertz CT molecular complexity index is 1110.